The molecule has 0 N–H and O–H groups in total. The number of hydrogen-bond donors (Lipinski definition) is 0. The largest absolute Gasteiger partial charge is 0.377 e. The van der Waals surface area contributed by atoms with Crippen molar-refractivity contribution in [3.8, 4) is 0 Å². The fourth-order valence-electron chi connectivity index (χ4n) is 0.415. The standard InChI is InChI=1S/C6H5Cl.C2H4O/c7-6-4-2-1-3-5-6;1-2-3-1/h1-5H;1-2H2. The zero-order valence-electron chi connectivity index (χ0n) is 5.59. The van der Waals surface area contributed by atoms with E-state index in [1.807, 2.05) is 30.3 Å². The van der Waals surface area contributed by atoms with Crippen LogP contribution in [0.1, 0.15) is 0 Å². The van der Waals surface area contributed by atoms with Crippen LogP contribution in [0, 0.1) is 0 Å². The van der Waals surface area contributed by atoms with Crippen LogP contribution < -0.4 is 0 Å². The highest BCUT2D eigenvalue weighted by Gasteiger charge is 1.94. The molecule has 0 aromatic heterocycles. The average molecular weight is 157 g/mol. The second-order valence-electron chi connectivity index (χ2n) is 1.91. The van der Waals surface area contributed by atoms with E-state index in [1.54, 1.807) is 0 Å². The molecule has 0 radical (unpaired) electrons. The molecule has 0 spiro atoms. The lowest BCUT2D eigenvalue weighted by Crippen LogP contribution is -1.55. The number of epoxide rings is 1. The van der Waals surface area contributed by atoms with Gasteiger partial charge in [0, 0.05) is 5.02 Å². The number of hydrogen-bond acceptors (Lipinski definition) is 1. The zero-order valence-corrected chi connectivity index (χ0v) is 6.34. The monoisotopic (exact) mass is 156 g/mol. The highest BCUT2D eigenvalue weighted by Crippen LogP contribution is 2.03. The molecule has 1 fully saturated rings. The van der Waals surface area contributed by atoms with Gasteiger partial charge >= 0.3 is 0 Å². The van der Waals surface area contributed by atoms with Crippen LogP contribution in [0.3, 0.4) is 0 Å². The summed E-state index contributed by atoms with van der Waals surface area (Å²) < 4.78 is 4.50. The van der Waals surface area contributed by atoms with Crippen LogP contribution >= 0.6 is 11.6 Å². The maximum absolute atomic E-state index is 5.54. The minimum atomic E-state index is 0.794. The first kappa shape index (κ1) is 7.58. The van der Waals surface area contributed by atoms with Gasteiger partial charge < -0.3 is 4.74 Å². The third kappa shape index (κ3) is 4.36. The summed E-state index contributed by atoms with van der Waals surface area (Å²) in [5, 5.41) is 0.794. The lowest BCUT2D eigenvalue weighted by molar-refractivity contribution is 0.475. The molecular weight excluding hydrogens is 148 g/mol. The minimum Gasteiger partial charge on any atom is -0.377 e. The van der Waals surface area contributed by atoms with E-state index in [9.17, 15) is 0 Å². The Labute approximate surface area is 65.6 Å². The predicted molar refractivity (Wildman–Crippen MR) is 42.3 cm³/mol. The first-order valence-electron chi connectivity index (χ1n) is 3.18. The predicted octanol–water partition coefficient (Wildman–Crippen LogP) is 2.36. The van der Waals surface area contributed by atoms with Gasteiger partial charge in [-0.25, -0.2) is 0 Å². The Morgan fingerprint density at radius 2 is 1.60 bits per heavy atom. The van der Waals surface area contributed by atoms with Gasteiger partial charge in [0.2, 0.25) is 0 Å². The third-order valence-corrected chi connectivity index (χ3v) is 1.19. The highest BCUT2D eigenvalue weighted by atomic mass is 35.5. The van der Waals surface area contributed by atoms with Crippen LogP contribution in [0.4, 0.5) is 0 Å². The van der Waals surface area contributed by atoms with E-state index < -0.39 is 0 Å². The lowest BCUT2D eigenvalue weighted by atomic mass is 10.4. The smallest absolute Gasteiger partial charge is 0.0701 e. The summed E-state index contributed by atoms with van der Waals surface area (Å²) >= 11 is 5.54. The Morgan fingerprint density at radius 1 is 1.10 bits per heavy atom. The Hall–Kier alpha value is -0.530. The first-order chi connectivity index (χ1) is 4.89. The van der Waals surface area contributed by atoms with Crippen LogP contribution in [-0.2, 0) is 4.74 Å². The van der Waals surface area contributed by atoms with Crippen molar-refractivity contribution < 1.29 is 4.74 Å². The fraction of sp³-hybridized carbons (Fsp3) is 0.250. The third-order valence-electron chi connectivity index (χ3n) is 0.937. The molecule has 54 valence electrons. The summed E-state index contributed by atoms with van der Waals surface area (Å²) in [5.41, 5.74) is 0. The Bertz CT molecular complexity index is 169. The molecular formula is C8H9ClO. The number of ether oxygens (including phenoxy) is 1. The van der Waals surface area contributed by atoms with E-state index >= 15 is 0 Å². The molecule has 1 aliphatic heterocycles. The van der Waals surface area contributed by atoms with E-state index in [0.717, 1.165) is 18.2 Å². The summed E-state index contributed by atoms with van der Waals surface area (Å²) in [4.78, 5) is 0. The summed E-state index contributed by atoms with van der Waals surface area (Å²) in [6.45, 7) is 2.00. The van der Waals surface area contributed by atoms with Crippen molar-refractivity contribution in [3.05, 3.63) is 35.4 Å². The number of halogens is 1. The second kappa shape index (κ2) is 4.31. The molecule has 1 heterocycles. The van der Waals surface area contributed by atoms with Crippen molar-refractivity contribution >= 4 is 11.6 Å². The maximum Gasteiger partial charge on any atom is 0.0701 e. The van der Waals surface area contributed by atoms with Crippen molar-refractivity contribution in [1.29, 1.82) is 0 Å². The van der Waals surface area contributed by atoms with E-state index in [-0.39, 0.29) is 0 Å². The highest BCUT2D eigenvalue weighted by molar-refractivity contribution is 6.30. The summed E-state index contributed by atoms with van der Waals surface area (Å²) in [5.74, 6) is 0. The maximum atomic E-state index is 5.54. The van der Waals surface area contributed by atoms with Gasteiger partial charge in [-0.05, 0) is 12.1 Å². The summed E-state index contributed by atoms with van der Waals surface area (Å²) in [6.07, 6.45) is 0. The quantitative estimate of drug-likeness (QED) is 0.526. The SMILES string of the molecule is C1CO1.Clc1ccccc1. The van der Waals surface area contributed by atoms with Gasteiger partial charge in [0.25, 0.3) is 0 Å². The normalized spacial score (nSPS) is 13.3. The summed E-state index contributed by atoms with van der Waals surface area (Å²) in [6, 6.07) is 9.44. The topological polar surface area (TPSA) is 12.5 Å². The molecule has 0 unspecified atom stereocenters. The molecule has 0 aliphatic carbocycles. The molecule has 0 bridgehead atoms. The zero-order chi connectivity index (χ0) is 7.23. The molecule has 1 saturated heterocycles. The molecule has 10 heavy (non-hydrogen) atoms. The van der Waals surface area contributed by atoms with Gasteiger partial charge in [0.05, 0.1) is 13.2 Å². The number of rotatable bonds is 0. The lowest BCUT2D eigenvalue weighted by Gasteiger charge is -1.80. The molecule has 1 nitrogen and oxygen atoms in total. The van der Waals surface area contributed by atoms with Crippen molar-refractivity contribution in [2.75, 3.05) is 13.2 Å². The van der Waals surface area contributed by atoms with Crippen LogP contribution in [-0.4, -0.2) is 13.2 Å². The van der Waals surface area contributed by atoms with E-state index in [4.69, 9.17) is 11.6 Å². The Balaban J connectivity index is 0.000000138. The van der Waals surface area contributed by atoms with E-state index in [0.29, 0.717) is 0 Å². The molecule has 0 saturated carbocycles. The van der Waals surface area contributed by atoms with Gasteiger partial charge in [-0.1, -0.05) is 29.8 Å². The van der Waals surface area contributed by atoms with Gasteiger partial charge in [0.1, 0.15) is 0 Å². The van der Waals surface area contributed by atoms with Gasteiger partial charge in [-0.3, -0.25) is 0 Å². The Kier molecular flexibility index (Phi) is 3.27. The minimum absolute atomic E-state index is 0.794. The van der Waals surface area contributed by atoms with Crippen molar-refractivity contribution in [3.63, 3.8) is 0 Å². The first-order valence-corrected chi connectivity index (χ1v) is 3.55. The van der Waals surface area contributed by atoms with Crippen LogP contribution in [0.5, 0.6) is 0 Å². The fourth-order valence-corrected chi connectivity index (χ4v) is 0.560. The van der Waals surface area contributed by atoms with Gasteiger partial charge in [-0.2, -0.15) is 0 Å². The van der Waals surface area contributed by atoms with Crippen molar-refractivity contribution in [2.45, 2.75) is 0 Å². The molecule has 0 atom stereocenters. The van der Waals surface area contributed by atoms with Crippen LogP contribution in [0.2, 0.25) is 5.02 Å². The van der Waals surface area contributed by atoms with Crippen molar-refractivity contribution in [1.82, 2.24) is 0 Å². The van der Waals surface area contributed by atoms with Gasteiger partial charge in [0.15, 0.2) is 0 Å². The van der Waals surface area contributed by atoms with Crippen LogP contribution in [0.15, 0.2) is 30.3 Å². The molecule has 1 aromatic carbocycles. The Morgan fingerprint density at radius 3 is 1.80 bits per heavy atom. The molecule has 1 aliphatic rings. The molecule has 2 rings (SSSR count). The second-order valence-corrected chi connectivity index (χ2v) is 2.34. The average Bonchev–Trinajstić information content (AvgIpc) is 2.73. The van der Waals surface area contributed by atoms with E-state index in [1.165, 1.54) is 0 Å². The number of benzene rings is 1. The van der Waals surface area contributed by atoms with Crippen LogP contribution in [0.25, 0.3) is 0 Å². The molecule has 2 heteroatoms. The van der Waals surface area contributed by atoms with E-state index in [2.05, 4.69) is 4.74 Å². The summed E-state index contributed by atoms with van der Waals surface area (Å²) in [7, 11) is 0. The van der Waals surface area contributed by atoms with Crippen molar-refractivity contribution in [2.24, 2.45) is 0 Å². The van der Waals surface area contributed by atoms with Gasteiger partial charge in [-0.15, -0.1) is 0 Å². The molecule has 0 amide bonds. The molecule has 1 aromatic rings.